The zero-order chi connectivity index (χ0) is 12.8. The van der Waals surface area contributed by atoms with Crippen molar-refractivity contribution in [1.82, 2.24) is 4.90 Å². The van der Waals surface area contributed by atoms with E-state index in [0.29, 0.717) is 18.0 Å². The van der Waals surface area contributed by atoms with Crippen molar-refractivity contribution in [3.63, 3.8) is 0 Å². The lowest BCUT2D eigenvalue weighted by Crippen LogP contribution is -2.39. The maximum absolute atomic E-state index is 11.7. The zero-order valence-electron chi connectivity index (χ0n) is 9.38. The molecule has 96 valence electrons. The topological polar surface area (TPSA) is 38.5 Å². The lowest BCUT2D eigenvalue weighted by Gasteiger charge is -2.23. The van der Waals surface area contributed by atoms with Crippen molar-refractivity contribution < 1.29 is 17.9 Å². The Morgan fingerprint density at radius 3 is 2.50 bits per heavy atom. The van der Waals surface area contributed by atoms with Gasteiger partial charge in [0.25, 0.3) is 0 Å². The minimum absolute atomic E-state index is 0.0578. The Morgan fingerprint density at radius 2 is 2.06 bits per heavy atom. The zero-order valence-corrected chi connectivity index (χ0v) is 10.2. The first kappa shape index (κ1) is 15.6. The van der Waals surface area contributed by atoms with Crippen molar-refractivity contribution >= 4 is 17.2 Å². The molecule has 0 radical (unpaired) electrons. The van der Waals surface area contributed by atoms with Crippen LogP contribution >= 0.6 is 12.2 Å². The van der Waals surface area contributed by atoms with E-state index >= 15 is 0 Å². The van der Waals surface area contributed by atoms with Crippen molar-refractivity contribution in [1.29, 1.82) is 0 Å². The first-order valence-electron chi connectivity index (χ1n) is 4.88. The second kappa shape index (κ2) is 7.03. The van der Waals surface area contributed by atoms with Crippen LogP contribution in [-0.2, 0) is 4.74 Å². The quantitative estimate of drug-likeness (QED) is 0.555. The van der Waals surface area contributed by atoms with Crippen molar-refractivity contribution in [2.75, 3.05) is 26.8 Å². The van der Waals surface area contributed by atoms with E-state index in [0.717, 1.165) is 0 Å². The molecule has 7 heteroatoms. The molecule has 0 aliphatic carbocycles. The summed E-state index contributed by atoms with van der Waals surface area (Å²) in [4.78, 5) is 2.25. The van der Waals surface area contributed by atoms with Gasteiger partial charge < -0.3 is 10.5 Å². The van der Waals surface area contributed by atoms with Gasteiger partial charge >= 0.3 is 6.18 Å². The summed E-state index contributed by atoms with van der Waals surface area (Å²) in [6.45, 7) is 1.32. The van der Waals surface area contributed by atoms with Gasteiger partial charge in [-0.1, -0.05) is 12.2 Å². The summed E-state index contributed by atoms with van der Waals surface area (Å²) in [7, 11) is 1.81. The molecule has 1 atom stereocenters. The number of nitrogens with zero attached hydrogens (tertiary/aromatic N) is 1. The third kappa shape index (κ3) is 7.84. The summed E-state index contributed by atoms with van der Waals surface area (Å²) >= 11 is 4.80. The van der Waals surface area contributed by atoms with E-state index in [2.05, 4.69) is 4.74 Å². The average molecular weight is 258 g/mol. The van der Waals surface area contributed by atoms with E-state index in [-0.39, 0.29) is 12.6 Å². The van der Waals surface area contributed by atoms with Crippen molar-refractivity contribution in [3.05, 3.63) is 0 Å². The Kier molecular flexibility index (Phi) is 6.85. The summed E-state index contributed by atoms with van der Waals surface area (Å²) < 4.78 is 39.6. The van der Waals surface area contributed by atoms with Gasteiger partial charge in [0.1, 0.15) is 6.61 Å². The molecule has 0 bridgehead atoms. The summed E-state index contributed by atoms with van der Waals surface area (Å²) in [5, 5.41) is 0. The highest BCUT2D eigenvalue weighted by molar-refractivity contribution is 7.80. The van der Waals surface area contributed by atoms with Crippen molar-refractivity contribution in [2.24, 2.45) is 5.73 Å². The van der Waals surface area contributed by atoms with Crippen LogP contribution < -0.4 is 5.73 Å². The number of nitrogens with two attached hydrogens (primary N) is 1. The number of likely N-dealkylation sites (N-methyl/N-ethyl adjacent to an activating group) is 1. The number of hydrogen-bond acceptors (Lipinski definition) is 3. The van der Waals surface area contributed by atoms with Gasteiger partial charge in [-0.05, 0) is 20.4 Å². The molecule has 16 heavy (non-hydrogen) atoms. The van der Waals surface area contributed by atoms with E-state index < -0.39 is 12.8 Å². The van der Waals surface area contributed by atoms with Crippen LogP contribution in [-0.4, -0.2) is 48.9 Å². The van der Waals surface area contributed by atoms with Crippen LogP contribution in [0.5, 0.6) is 0 Å². The molecular formula is C9H17F3N2OS. The van der Waals surface area contributed by atoms with Gasteiger partial charge in [0.05, 0.1) is 11.0 Å². The number of thiocarbonyl (C=S) groups is 1. The molecule has 1 unspecified atom stereocenters. The Bertz CT molecular complexity index is 223. The maximum Gasteiger partial charge on any atom is 0.411 e. The minimum Gasteiger partial charge on any atom is -0.392 e. The van der Waals surface area contributed by atoms with Gasteiger partial charge in [0.2, 0.25) is 0 Å². The highest BCUT2D eigenvalue weighted by atomic mass is 32.1. The van der Waals surface area contributed by atoms with Gasteiger partial charge in [-0.2, -0.15) is 13.2 Å². The molecule has 0 heterocycles. The van der Waals surface area contributed by atoms with E-state index in [9.17, 15) is 13.2 Å². The van der Waals surface area contributed by atoms with Crippen LogP contribution in [0.25, 0.3) is 0 Å². The number of hydrogen-bond donors (Lipinski definition) is 1. The molecule has 0 aliphatic heterocycles. The maximum atomic E-state index is 11.7. The summed E-state index contributed by atoms with van der Waals surface area (Å²) in [6, 6.07) is -0.0578. The van der Waals surface area contributed by atoms with Crippen LogP contribution in [0.1, 0.15) is 13.3 Å². The van der Waals surface area contributed by atoms with Gasteiger partial charge in [-0.3, -0.25) is 4.90 Å². The van der Waals surface area contributed by atoms with Crippen molar-refractivity contribution in [3.8, 4) is 0 Å². The normalized spacial score (nSPS) is 14.1. The lowest BCUT2D eigenvalue weighted by molar-refractivity contribution is -0.174. The van der Waals surface area contributed by atoms with Crippen molar-refractivity contribution in [2.45, 2.75) is 25.6 Å². The Hall–Kier alpha value is -0.400. The molecule has 2 N–H and O–H groups in total. The fourth-order valence-electron chi connectivity index (χ4n) is 1.01. The van der Waals surface area contributed by atoms with E-state index in [1.54, 1.807) is 0 Å². The number of rotatable bonds is 7. The van der Waals surface area contributed by atoms with E-state index in [1.807, 2.05) is 18.9 Å². The van der Waals surface area contributed by atoms with Gasteiger partial charge in [0.15, 0.2) is 0 Å². The third-order valence-electron chi connectivity index (χ3n) is 2.14. The van der Waals surface area contributed by atoms with Gasteiger partial charge in [0, 0.05) is 13.2 Å². The molecule has 0 saturated carbocycles. The van der Waals surface area contributed by atoms with Crippen LogP contribution in [0.15, 0.2) is 0 Å². The predicted molar refractivity (Wildman–Crippen MR) is 60.4 cm³/mol. The van der Waals surface area contributed by atoms with Gasteiger partial charge in [-0.25, -0.2) is 0 Å². The largest absolute Gasteiger partial charge is 0.411 e. The summed E-state index contributed by atoms with van der Waals surface area (Å²) in [5.41, 5.74) is 5.43. The molecule has 0 saturated heterocycles. The first-order valence-corrected chi connectivity index (χ1v) is 5.29. The molecule has 0 aromatic heterocycles. The van der Waals surface area contributed by atoms with E-state index in [1.165, 1.54) is 0 Å². The number of halogens is 3. The molecule has 0 amide bonds. The number of ether oxygens (including phenoxy) is 1. The monoisotopic (exact) mass is 258 g/mol. The van der Waals surface area contributed by atoms with Crippen LogP contribution in [0.4, 0.5) is 13.2 Å². The summed E-state index contributed by atoms with van der Waals surface area (Å²) in [5.74, 6) is 0. The Labute approximate surface area is 98.7 Å². The van der Waals surface area contributed by atoms with E-state index in [4.69, 9.17) is 18.0 Å². The smallest absolute Gasteiger partial charge is 0.392 e. The first-order chi connectivity index (χ1) is 7.24. The molecule has 0 aromatic rings. The van der Waals surface area contributed by atoms with Gasteiger partial charge in [-0.15, -0.1) is 0 Å². The fraction of sp³-hybridized carbons (Fsp3) is 0.889. The lowest BCUT2D eigenvalue weighted by atomic mass is 10.3. The molecule has 0 rings (SSSR count). The standard InChI is InChI=1S/C9H17F3N2OS/c1-7(8(13)16)14(2)4-3-5-15-6-9(10,11)12/h7H,3-6H2,1-2H3,(H2,13,16). The summed E-state index contributed by atoms with van der Waals surface area (Å²) in [6.07, 6.45) is -3.74. The van der Waals surface area contributed by atoms with Crippen LogP contribution in [0.3, 0.4) is 0 Å². The predicted octanol–water partition coefficient (Wildman–Crippen LogP) is 1.56. The SMILES string of the molecule is CC(C(N)=S)N(C)CCCOCC(F)(F)F. The van der Waals surface area contributed by atoms with Crippen LogP contribution in [0, 0.1) is 0 Å². The average Bonchev–Trinajstić information content (AvgIpc) is 2.13. The second-order valence-corrected chi connectivity index (χ2v) is 4.05. The second-order valence-electron chi connectivity index (χ2n) is 3.58. The molecule has 0 aromatic carbocycles. The molecular weight excluding hydrogens is 241 g/mol. The highest BCUT2D eigenvalue weighted by Gasteiger charge is 2.27. The molecule has 0 fully saturated rings. The molecule has 0 aliphatic rings. The highest BCUT2D eigenvalue weighted by Crippen LogP contribution is 2.14. The number of alkyl halides is 3. The Balaban J connectivity index is 3.56. The molecule has 3 nitrogen and oxygen atoms in total. The fourth-order valence-corrected chi connectivity index (χ4v) is 1.19. The minimum atomic E-state index is -4.25. The third-order valence-corrected chi connectivity index (χ3v) is 2.48. The molecule has 0 spiro atoms. The van der Waals surface area contributed by atoms with Crippen LogP contribution in [0.2, 0.25) is 0 Å². The Morgan fingerprint density at radius 1 is 1.50 bits per heavy atom.